The van der Waals surface area contributed by atoms with Crippen LogP contribution in [0, 0.1) is 0 Å². The highest BCUT2D eigenvalue weighted by Gasteiger charge is 1.96. The monoisotopic (exact) mass is 170 g/mol. The maximum atomic E-state index is 5.64. The first-order chi connectivity index (χ1) is 5.26. The fourth-order valence-electron chi connectivity index (χ4n) is 0.934. The van der Waals surface area contributed by atoms with Gasteiger partial charge in [0, 0.05) is 11.6 Å². The van der Waals surface area contributed by atoms with E-state index in [1.807, 2.05) is 13.0 Å². The Morgan fingerprint density at radius 2 is 2.27 bits per heavy atom. The average molecular weight is 171 g/mol. The lowest BCUT2D eigenvalue weighted by molar-refractivity contribution is 1.03. The molecule has 0 unspecified atom stereocenters. The van der Waals surface area contributed by atoms with Gasteiger partial charge in [-0.1, -0.05) is 6.92 Å². The molecular formula is C8H11ClN2. The molecule has 11 heavy (non-hydrogen) atoms. The van der Waals surface area contributed by atoms with Crippen molar-refractivity contribution in [2.45, 2.75) is 19.2 Å². The molecule has 0 amide bonds. The van der Waals surface area contributed by atoms with Crippen LogP contribution in [0.5, 0.6) is 0 Å². The van der Waals surface area contributed by atoms with Crippen LogP contribution >= 0.6 is 11.6 Å². The van der Waals surface area contributed by atoms with Gasteiger partial charge in [0.15, 0.2) is 0 Å². The Balaban J connectivity index is 3.02. The topological polar surface area (TPSA) is 38.9 Å². The van der Waals surface area contributed by atoms with Crippen LogP contribution in [0.3, 0.4) is 0 Å². The number of aromatic nitrogens is 1. The number of nitrogen functional groups attached to an aromatic ring is 1. The van der Waals surface area contributed by atoms with E-state index in [2.05, 4.69) is 4.98 Å². The van der Waals surface area contributed by atoms with Crippen LogP contribution in [0.15, 0.2) is 12.1 Å². The van der Waals surface area contributed by atoms with Gasteiger partial charge in [0.25, 0.3) is 0 Å². The molecule has 0 fully saturated rings. The Bertz CT molecular complexity index is 226. The van der Waals surface area contributed by atoms with E-state index < -0.39 is 0 Å². The molecule has 2 N–H and O–H groups in total. The molecule has 0 saturated carbocycles. The molecule has 60 valence electrons. The number of rotatable bonds is 2. The number of hydrogen-bond donors (Lipinski definition) is 1. The number of nitrogens with zero attached hydrogens (tertiary/aromatic N) is 1. The number of alkyl halides is 1. The van der Waals surface area contributed by atoms with E-state index >= 15 is 0 Å². The van der Waals surface area contributed by atoms with Gasteiger partial charge in [-0.15, -0.1) is 11.6 Å². The Hall–Kier alpha value is -0.760. The van der Waals surface area contributed by atoms with E-state index in [0.29, 0.717) is 11.7 Å². The van der Waals surface area contributed by atoms with Crippen molar-refractivity contribution in [3.63, 3.8) is 0 Å². The summed E-state index contributed by atoms with van der Waals surface area (Å²) >= 11 is 5.64. The number of pyridine rings is 1. The predicted molar refractivity (Wildman–Crippen MR) is 47.6 cm³/mol. The van der Waals surface area contributed by atoms with Crippen molar-refractivity contribution < 1.29 is 0 Å². The quantitative estimate of drug-likeness (QED) is 0.690. The maximum absolute atomic E-state index is 5.64. The van der Waals surface area contributed by atoms with Crippen LogP contribution < -0.4 is 5.73 Å². The molecule has 1 rings (SSSR count). The zero-order chi connectivity index (χ0) is 8.27. The van der Waals surface area contributed by atoms with E-state index in [9.17, 15) is 0 Å². The second kappa shape index (κ2) is 3.58. The summed E-state index contributed by atoms with van der Waals surface area (Å²) in [7, 11) is 0. The minimum atomic E-state index is 0.500. The molecule has 0 atom stereocenters. The first kappa shape index (κ1) is 8.34. The van der Waals surface area contributed by atoms with Gasteiger partial charge in [-0.25, -0.2) is 4.98 Å². The average Bonchev–Trinajstić information content (AvgIpc) is 2.03. The van der Waals surface area contributed by atoms with Crippen molar-refractivity contribution in [1.82, 2.24) is 4.98 Å². The summed E-state index contributed by atoms with van der Waals surface area (Å²) in [4.78, 5) is 4.12. The number of halogens is 1. The molecule has 0 spiro atoms. The van der Waals surface area contributed by atoms with Gasteiger partial charge in [-0.3, -0.25) is 0 Å². The second-order valence-corrected chi connectivity index (χ2v) is 2.65. The highest BCUT2D eigenvalue weighted by atomic mass is 35.5. The fourth-order valence-corrected chi connectivity index (χ4v) is 1.09. The zero-order valence-electron chi connectivity index (χ0n) is 6.47. The van der Waals surface area contributed by atoms with Gasteiger partial charge >= 0.3 is 0 Å². The van der Waals surface area contributed by atoms with Crippen LogP contribution in [0.25, 0.3) is 0 Å². The maximum Gasteiger partial charge on any atom is 0.123 e. The molecule has 3 heteroatoms. The normalized spacial score (nSPS) is 10.0. The van der Waals surface area contributed by atoms with Crippen LogP contribution in [-0.4, -0.2) is 4.98 Å². The molecule has 1 heterocycles. The van der Waals surface area contributed by atoms with Crippen LogP contribution in [-0.2, 0) is 12.3 Å². The number of aryl methyl sites for hydroxylation is 1. The Morgan fingerprint density at radius 3 is 2.82 bits per heavy atom. The van der Waals surface area contributed by atoms with Crippen LogP contribution in [0.4, 0.5) is 5.82 Å². The van der Waals surface area contributed by atoms with E-state index in [-0.39, 0.29) is 0 Å². The summed E-state index contributed by atoms with van der Waals surface area (Å²) in [6.45, 7) is 2.04. The minimum absolute atomic E-state index is 0.500. The lowest BCUT2D eigenvalue weighted by Crippen LogP contribution is -1.96. The van der Waals surface area contributed by atoms with E-state index in [1.165, 1.54) is 0 Å². The summed E-state index contributed by atoms with van der Waals surface area (Å²) < 4.78 is 0. The highest BCUT2D eigenvalue weighted by molar-refractivity contribution is 6.17. The van der Waals surface area contributed by atoms with Gasteiger partial charge < -0.3 is 5.73 Å². The Labute approximate surface area is 71.4 Å². The highest BCUT2D eigenvalue weighted by Crippen LogP contribution is 2.10. The summed E-state index contributed by atoms with van der Waals surface area (Å²) in [5, 5.41) is 0. The SMILES string of the molecule is CCc1cc(CCl)cc(N)n1. The first-order valence-electron chi connectivity index (χ1n) is 3.57. The van der Waals surface area contributed by atoms with Crippen LogP contribution in [0.2, 0.25) is 0 Å². The number of anilines is 1. The molecule has 2 nitrogen and oxygen atoms in total. The van der Waals surface area contributed by atoms with Crippen LogP contribution in [0.1, 0.15) is 18.2 Å². The van der Waals surface area contributed by atoms with E-state index in [1.54, 1.807) is 6.07 Å². The molecule has 0 radical (unpaired) electrons. The summed E-state index contributed by atoms with van der Waals surface area (Å²) in [6, 6.07) is 3.77. The van der Waals surface area contributed by atoms with E-state index in [4.69, 9.17) is 17.3 Å². The molecule has 1 aromatic rings. The Kier molecular flexibility index (Phi) is 2.71. The molecule has 0 saturated heterocycles. The fraction of sp³-hybridized carbons (Fsp3) is 0.375. The second-order valence-electron chi connectivity index (χ2n) is 2.38. The van der Waals surface area contributed by atoms with Gasteiger partial charge in [0.1, 0.15) is 5.82 Å². The largest absolute Gasteiger partial charge is 0.384 e. The summed E-state index contributed by atoms with van der Waals surface area (Å²) in [6.07, 6.45) is 0.898. The molecular weight excluding hydrogens is 160 g/mol. The number of nitrogens with two attached hydrogens (primary N) is 1. The van der Waals surface area contributed by atoms with E-state index in [0.717, 1.165) is 17.7 Å². The molecule has 0 aliphatic heterocycles. The smallest absolute Gasteiger partial charge is 0.123 e. The third kappa shape index (κ3) is 2.09. The minimum Gasteiger partial charge on any atom is -0.384 e. The third-order valence-corrected chi connectivity index (χ3v) is 1.78. The molecule has 0 aliphatic carbocycles. The van der Waals surface area contributed by atoms with Crippen molar-refractivity contribution >= 4 is 17.4 Å². The standard InChI is InChI=1S/C8H11ClN2/c1-2-7-3-6(5-9)4-8(10)11-7/h3-4H,2,5H2,1H3,(H2,10,11). The Morgan fingerprint density at radius 1 is 1.55 bits per heavy atom. The third-order valence-electron chi connectivity index (χ3n) is 1.47. The zero-order valence-corrected chi connectivity index (χ0v) is 7.23. The van der Waals surface area contributed by atoms with Crippen molar-refractivity contribution in [3.8, 4) is 0 Å². The lowest BCUT2D eigenvalue weighted by atomic mass is 10.2. The summed E-state index contributed by atoms with van der Waals surface area (Å²) in [5.74, 6) is 1.06. The van der Waals surface area contributed by atoms with Crippen molar-refractivity contribution in [2.24, 2.45) is 0 Å². The van der Waals surface area contributed by atoms with Gasteiger partial charge in [-0.05, 0) is 24.1 Å². The molecule has 0 aromatic carbocycles. The van der Waals surface area contributed by atoms with Gasteiger partial charge in [0.05, 0.1) is 0 Å². The molecule has 1 aromatic heterocycles. The van der Waals surface area contributed by atoms with Crippen molar-refractivity contribution in [2.75, 3.05) is 5.73 Å². The van der Waals surface area contributed by atoms with Crippen molar-refractivity contribution in [3.05, 3.63) is 23.4 Å². The number of hydrogen-bond acceptors (Lipinski definition) is 2. The summed E-state index contributed by atoms with van der Waals surface area (Å²) in [5.41, 5.74) is 7.58. The predicted octanol–water partition coefficient (Wildman–Crippen LogP) is 1.96. The van der Waals surface area contributed by atoms with Gasteiger partial charge in [-0.2, -0.15) is 0 Å². The molecule has 0 bridgehead atoms. The molecule has 0 aliphatic rings. The van der Waals surface area contributed by atoms with Gasteiger partial charge in [0.2, 0.25) is 0 Å². The first-order valence-corrected chi connectivity index (χ1v) is 4.11. The van der Waals surface area contributed by atoms with Crippen molar-refractivity contribution in [1.29, 1.82) is 0 Å². The lowest BCUT2D eigenvalue weighted by Gasteiger charge is -2.01.